The molecule has 0 saturated heterocycles. The third kappa shape index (κ3) is 5.02. The quantitative estimate of drug-likeness (QED) is 0.411. The van der Waals surface area contributed by atoms with Gasteiger partial charge in [-0.05, 0) is 42.8 Å². The molecule has 0 amide bonds. The Morgan fingerprint density at radius 1 is 1.13 bits per heavy atom. The minimum Gasteiger partial charge on any atom is -0.463 e. The first-order chi connectivity index (χ1) is 14.7. The number of carbonyl (C=O) groups is 1. The van der Waals surface area contributed by atoms with Gasteiger partial charge >= 0.3 is 5.97 Å². The molecule has 0 bridgehead atoms. The van der Waals surface area contributed by atoms with Gasteiger partial charge in [0.15, 0.2) is 0 Å². The molecule has 2 aromatic carbocycles. The van der Waals surface area contributed by atoms with Crippen LogP contribution in [0.15, 0.2) is 66.9 Å². The van der Waals surface area contributed by atoms with E-state index in [-0.39, 0.29) is 6.61 Å². The van der Waals surface area contributed by atoms with Crippen molar-refractivity contribution in [2.75, 3.05) is 13.7 Å². The number of esters is 1. The Morgan fingerprint density at radius 3 is 2.63 bits per heavy atom. The zero-order valence-corrected chi connectivity index (χ0v) is 16.9. The number of ether oxygens (including phenoxy) is 3. The van der Waals surface area contributed by atoms with Gasteiger partial charge in [-0.15, -0.1) is 0 Å². The Balaban J connectivity index is 1.87. The van der Waals surface area contributed by atoms with Crippen LogP contribution in [0.2, 0.25) is 0 Å². The molecule has 3 aromatic rings. The zero-order chi connectivity index (χ0) is 21.3. The molecule has 1 unspecified atom stereocenters. The number of hydrogen-bond donors (Lipinski definition) is 0. The van der Waals surface area contributed by atoms with E-state index in [9.17, 15) is 10.1 Å². The van der Waals surface area contributed by atoms with E-state index in [0.717, 1.165) is 5.56 Å². The molecule has 3 rings (SSSR count). The molecule has 1 heterocycles. The average Bonchev–Trinajstić information content (AvgIpc) is 2.79. The predicted octanol–water partition coefficient (Wildman–Crippen LogP) is 4.39. The molecule has 152 valence electrons. The molecular formula is C24H22N2O4. The second-order valence-electron chi connectivity index (χ2n) is 6.42. The maximum absolute atomic E-state index is 12.2. The monoisotopic (exact) mass is 402 g/mol. The molecule has 1 aromatic heterocycles. The van der Waals surface area contributed by atoms with Gasteiger partial charge in [0, 0.05) is 25.3 Å². The Bertz CT molecular complexity index is 1040. The number of rotatable bonds is 8. The standard InChI is InChI=1S/C24H22N2O4/c1-3-29-24(27)20-10-7-13-26-23(20)18-11-12-21(19(15-18)16-25)30-22(28-2)14-17-8-5-4-6-9-17/h4-13,15,22H,3,14H2,1-2H3. The molecule has 6 nitrogen and oxygen atoms in total. The summed E-state index contributed by atoms with van der Waals surface area (Å²) in [5.74, 6) is -0.0561. The molecule has 0 spiro atoms. The number of carbonyl (C=O) groups excluding carboxylic acids is 1. The van der Waals surface area contributed by atoms with Gasteiger partial charge in [-0.3, -0.25) is 4.98 Å². The van der Waals surface area contributed by atoms with Crippen LogP contribution in [0.25, 0.3) is 11.3 Å². The SMILES string of the molecule is CCOC(=O)c1cccnc1-c1ccc(OC(Cc2ccccc2)OC)c(C#N)c1. The van der Waals surface area contributed by atoms with Crippen molar-refractivity contribution >= 4 is 5.97 Å². The molecule has 6 heteroatoms. The van der Waals surface area contributed by atoms with Crippen molar-refractivity contribution in [2.24, 2.45) is 0 Å². The number of pyridine rings is 1. The van der Waals surface area contributed by atoms with Crippen LogP contribution in [0.4, 0.5) is 0 Å². The number of benzene rings is 2. The number of methoxy groups -OCH3 is 1. The van der Waals surface area contributed by atoms with E-state index in [4.69, 9.17) is 14.2 Å². The molecule has 0 fully saturated rings. The molecule has 0 aliphatic carbocycles. The third-order valence-electron chi connectivity index (χ3n) is 4.44. The van der Waals surface area contributed by atoms with Crippen molar-refractivity contribution in [1.29, 1.82) is 5.26 Å². The van der Waals surface area contributed by atoms with E-state index in [1.807, 2.05) is 30.3 Å². The topological polar surface area (TPSA) is 81.4 Å². The highest BCUT2D eigenvalue weighted by Gasteiger charge is 2.18. The van der Waals surface area contributed by atoms with E-state index >= 15 is 0 Å². The summed E-state index contributed by atoms with van der Waals surface area (Å²) < 4.78 is 16.5. The number of aromatic nitrogens is 1. The molecule has 0 aliphatic heterocycles. The summed E-state index contributed by atoms with van der Waals surface area (Å²) in [5.41, 5.74) is 2.80. The van der Waals surface area contributed by atoms with Gasteiger partial charge in [0.2, 0.25) is 6.29 Å². The Labute approximate surface area is 175 Å². The van der Waals surface area contributed by atoms with Crippen LogP contribution in [0, 0.1) is 11.3 Å². The van der Waals surface area contributed by atoms with Gasteiger partial charge in [-0.1, -0.05) is 30.3 Å². The predicted molar refractivity (Wildman–Crippen MR) is 112 cm³/mol. The van der Waals surface area contributed by atoms with E-state index in [0.29, 0.717) is 34.6 Å². The first-order valence-corrected chi connectivity index (χ1v) is 9.56. The number of hydrogen-bond acceptors (Lipinski definition) is 6. The Hall–Kier alpha value is -3.69. The summed E-state index contributed by atoms with van der Waals surface area (Å²) in [6, 6.07) is 20.4. The Morgan fingerprint density at radius 2 is 1.93 bits per heavy atom. The van der Waals surface area contributed by atoms with E-state index < -0.39 is 12.3 Å². The van der Waals surface area contributed by atoms with Crippen molar-refractivity contribution in [2.45, 2.75) is 19.6 Å². The Kier molecular flexibility index (Phi) is 7.14. The molecular weight excluding hydrogens is 380 g/mol. The summed E-state index contributed by atoms with van der Waals surface area (Å²) in [6.45, 7) is 2.01. The first-order valence-electron chi connectivity index (χ1n) is 9.56. The number of nitriles is 1. The summed E-state index contributed by atoms with van der Waals surface area (Å²) >= 11 is 0. The lowest BCUT2D eigenvalue weighted by Gasteiger charge is -2.19. The van der Waals surface area contributed by atoms with Gasteiger partial charge in [0.1, 0.15) is 11.8 Å². The first kappa shape index (κ1) is 21.0. The van der Waals surface area contributed by atoms with E-state index in [2.05, 4.69) is 11.1 Å². The fraction of sp³-hybridized carbons (Fsp3) is 0.208. The molecule has 0 radical (unpaired) electrons. The zero-order valence-electron chi connectivity index (χ0n) is 16.9. The van der Waals surface area contributed by atoms with Crippen LogP contribution in [-0.2, 0) is 15.9 Å². The average molecular weight is 402 g/mol. The van der Waals surface area contributed by atoms with Crippen molar-refractivity contribution in [1.82, 2.24) is 4.98 Å². The minimum absolute atomic E-state index is 0.267. The highest BCUT2D eigenvalue weighted by molar-refractivity contribution is 5.96. The van der Waals surface area contributed by atoms with Crippen LogP contribution in [-0.4, -0.2) is 31.0 Å². The highest BCUT2D eigenvalue weighted by atomic mass is 16.7. The third-order valence-corrected chi connectivity index (χ3v) is 4.44. The van der Waals surface area contributed by atoms with Crippen LogP contribution in [0.3, 0.4) is 0 Å². The highest BCUT2D eigenvalue weighted by Crippen LogP contribution is 2.28. The number of nitrogens with zero attached hydrogens (tertiary/aromatic N) is 2. The summed E-state index contributed by atoms with van der Waals surface area (Å²) in [7, 11) is 1.56. The molecule has 1 atom stereocenters. The van der Waals surface area contributed by atoms with Crippen molar-refractivity contribution in [3.63, 3.8) is 0 Å². The minimum atomic E-state index is -0.546. The van der Waals surface area contributed by atoms with Gasteiger partial charge in [0.25, 0.3) is 0 Å². The van der Waals surface area contributed by atoms with E-state index in [1.165, 1.54) is 0 Å². The van der Waals surface area contributed by atoms with E-state index in [1.54, 1.807) is 50.6 Å². The van der Waals surface area contributed by atoms with Crippen LogP contribution in [0.1, 0.15) is 28.4 Å². The largest absolute Gasteiger partial charge is 0.463 e. The van der Waals surface area contributed by atoms with Gasteiger partial charge in [-0.2, -0.15) is 5.26 Å². The maximum Gasteiger partial charge on any atom is 0.340 e. The second kappa shape index (κ2) is 10.2. The molecule has 0 saturated carbocycles. The second-order valence-corrected chi connectivity index (χ2v) is 6.42. The van der Waals surface area contributed by atoms with Crippen LogP contribution >= 0.6 is 0 Å². The molecule has 0 aliphatic rings. The van der Waals surface area contributed by atoms with Crippen molar-refractivity contribution < 1.29 is 19.0 Å². The lowest BCUT2D eigenvalue weighted by atomic mass is 10.0. The molecule has 30 heavy (non-hydrogen) atoms. The van der Waals surface area contributed by atoms with Gasteiger partial charge in [0.05, 0.1) is 23.4 Å². The summed E-state index contributed by atoms with van der Waals surface area (Å²) in [6.07, 6.45) is 1.59. The lowest BCUT2D eigenvalue weighted by Crippen LogP contribution is -2.22. The van der Waals surface area contributed by atoms with Crippen molar-refractivity contribution in [3.8, 4) is 23.1 Å². The van der Waals surface area contributed by atoms with Crippen LogP contribution in [0.5, 0.6) is 5.75 Å². The fourth-order valence-electron chi connectivity index (χ4n) is 3.00. The van der Waals surface area contributed by atoms with Gasteiger partial charge < -0.3 is 14.2 Å². The van der Waals surface area contributed by atoms with Gasteiger partial charge in [-0.25, -0.2) is 4.79 Å². The summed E-state index contributed by atoms with van der Waals surface area (Å²) in [5, 5.41) is 9.64. The molecule has 0 N–H and O–H groups in total. The lowest BCUT2D eigenvalue weighted by molar-refractivity contribution is -0.0521. The normalized spacial score (nSPS) is 11.4. The fourth-order valence-corrected chi connectivity index (χ4v) is 3.00. The summed E-state index contributed by atoms with van der Waals surface area (Å²) in [4.78, 5) is 16.6. The maximum atomic E-state index is 12.2. The van der Waals surface area contributed by atoms with Crippen LogP contribution < -0.4 is 4.74 Å². The van der Waals surface area contributed by atoms with Crippen molar-refractivity contribution in [3.05, 3.63) is 83.6 Å². The smallest absolute Gasteiger partial charge is 0.340 e.